The Labute approximate surface area is 212 Å². The molecule has 10 nitrogen and oxygen atoms in total. The number of benzene rings is 1. The lowest BCUT2D eigenvalue weighted by Gasteiger charge is -2.24. The SMILES string of the molecule is CCCCCCCCCCNC(=O)c1ccc(NC(=O)C(OC(C)=O)C(CC(=O)O)OC(C)=O)cc1. The Morgan fingerprint density at radius 3 is 1.92 bits per heavy atom. The highest BCUT2D eigenvalue weighted by atomic mass is 16.6. The fourth-order valence-corrected chi connectivity index (χ4v) is 3.55. The average molecular weight is 507 g/mol. The van der Waals surface area contributed by atoms with Crippen LogP contribution in [-0.4, -0.2) is 53.6 Å². The van der Waals surface area contributed by atoms with E-state index >= 15 is 0 Å². The molecule has 200 valence electrons. The maximum Gasteiger partial charge on any atom is 0.307 e. The van der Waals surface area contributed by atoms with Gasteiger partial charge in [-0.1, -0.05) is 51.9 Å². The summed E-state index contributed by atoms with van der Waals surface area (Å²) in [5, 5.41) is 14.4. The molecular weight excluding hydrogens is 468 g/mol. The first kappa shape index (κ1) is 30.6. The van der Waals surface area contributed by atoms with Gasteiger partial charge in [0.25, 0.3) is 11.8 Å². The second kappa shape index (κ2) is 17.1. The van der Waals surface area contributed by atoms with Gasteiger partial charge >= 0.3 is 17.9 Å². The molecule has 0 aromatic heterocycles. The van der Waals surface area contributed by atoms with Gasteiger partial charge < -0.3 is 25.2 Å². The summed E-state index contributed by atoms with van der Waals surface area (Å²) >= 11 is 0. The molecule has 0 fully saturated rings. The molecule has 2 amide bonds. The first-order chi connectivity index (χ1) is 17.1. The van der Waals surface area contributed by atoms with Crippen LogP contribution in [-0.2, 0) is 28.7 Å². The molecule has 36 heavy (non-hydrogen) atoms. The van der Waals surface area contributed by atoms with Crippen molar-refractivity contribution in [1.82, 2.24) is 5.32 Å². The zero-order chi connectivity index (χ0) is 26.9. The quantitative estimate of drug-likeness (QED) is 0.213. The summed E-state index contributed by atoms with van der Waals surface area (Å²) in [6.07, 6.45) is 5.50. The number of unbranched alkanes of at least 4 members (excludes halogenated alkanes) is 7. The monoisotopic (exact) mass is 506 g/mol. The van der Waals surface area contributed by atoms with Crippen LogP contribution in [0, 0.1) is 0 Å². The van der Waals surface area contributed by atoms with E-state index in [0.29, 0.717) is 12.1 Å². The summed E-state index contributed by atoms with van der Waals surface area (Å²) in [5.74, 6) is -4.11. The van der Waals surface area contributed by atoms with Crippen molar-refractivity contribution in [3.05, 3.63) is 29.8 Å². The number of anilines is 1. The lowest BCUT2D eigenvalue weighted by atomic mass is 10.1. The second-order valence-electron chi connectivity index (χ2n) is 8.57. The third-order valence-electron chi connectivity index (χ3n) is 5.31. The molecule has 1 aromatic carbocycles. The number of esters is 2. The van der Waals surface area contributed by atoms with Crippen LogP contribution in [0.1, 0.15) is 88.9 Å². The first-order valence-electron chi connectivity index (χ1n) is 12.4. The van der Waals surface area contributed by atoms with Crippen LogP contribution in [0.2, 0.25) is 0 Å². The maximum absolute atomic E-state index is 12.7. The van der Waals surface area contributed by atoms with Gasteiger partial charge in [-0.3, -0.25) is 24.0 Å². The molecule has 0 saturated carbocycles. The van der Waals surface area contributed by atoms with E-state index in [9.17, 15) is 24.0 Å². The van der Waals surface area contributed by atoms with E-state index in [0.717, 1.165) is 33.1 Å². The summed E-state index contributed by atoms with van der Waals surface area (Å²) in [6.45, 7) is 4.88. The van der Waals surface area contributed by atoms with Gasteiger partial charge in [-0.2, -0.15) is 0 Å². The molecule has 0 aliphatic heterocycles. The molecule has 1 rings (SSSR count). The van der Waals surface area contributed by atoms with Gasteiger partial charge in [0.2, 0.25) is 6.10 Å². The van der Waals surface area contributed by atoms with Crippen molar-refractivity contribution in [2.75, 3.05) is 11.9 Å². The maximum atomic E-state index is 12.7. The number of carboxylic acid groups (broad SMARTS) is 1. The molecule has 2 atom stereocenters. The van der Waals surface area contributed by atoms with Gasteiger partial charge in [-0.05, 0) is 30.7 Å². The first-order valence-corrected chi connectivity index (χ1v) is 12.4. The summed E-state index contributed by atoms with van der Waals surface area (Å²) in [6, 6.07) is 6.04. The van der Waals surface area contributed by atoms with Gasteiger partial charge in [0.1, 0.15) is 0 Å². The molecule has 3 N–H and O–H groups in total. The van der Waals surface area contributed by atoms with Crippen LogP contribution in [0.4, 0.5) is 5.69 Å². The van der Waals surface area contributed by atoms with Gasteiger partial charge in [0.05, 0.1) is 6.42 Å². The zero-order valence-electron chi connectivity index (χ0n) is 21.3. The lowest BCUT2D eigenvalue weighted by Crippen LogP contribution is -2.44. The van der Waals surface area contributed by atoms with Gasteiger partial charge in [-0.15, -0.1) is 0 Å². The van der Waals surface area contributed by atoms with Crippen LogP contribution in [0.3, 0.4) is 0 Å². The second-order valence-corrected chi connectivity index (χ2v) is 8.57. The molecule has 1 aromatic rings. The molecule has 0 aliphatic rings. The van der Waals surface area contributed by atoms with Crippen molar-refractivity contribution in [3.8, 4) is 0 Å². The molecule has 0 saturated heterocycles. The number of rotatable bonds is 17. The number of ether oxygens (including phenoxy) is 2. The van der Waals surface area contributed by atoms with Crippen LogP contribution in [0.5, 0.6) is 0 Å². The third-order valence-corrected chi connectivity index (χ3v) is 5.31. The zero-order valence-corrected chi connectivity index (χ0v) is 21.3. The topological polar surface area (TPSA) is 148 Å². The molecule has 2 unspecified atom stereocenters. The molecule has 0 radical (unpaired) electrons. The average Bonchev–Trinajstić information content (AvgIpc) is 2.80. The molecule has 0 bridgehead atoms. The van der Waals surface area contributed by atoms with E-state index in [1.165, 1.54) is 56.4 Å². The predicted molar refractivity (Wildman–Crippen MR) is 133 cm³/mol. The molecule has 0 heterocycles. The van der Waals surface area contributed by atoms with Crippen molar-refractivity contribution in [2.24, 2.45) is 0 Å². The van der Waals surface area contributed by atoms with Crippen LogP contribution in [0.25, 0.3) is 0 Å². The molecule has 0 aliphatic carbocycles. The standard InChI is InChI=1S/C26H38N2O8/c1-4-5-6-7-8-9-10-11-16-27-25(33)20-12-14-21(15-13-20)28-26(34)24(36-19(3)30)22(17-23(31)32)35-18(2)29/h12-15,22,24H,4-11,16-17H2,1-3H3,(H,27,33)(H,28,34)(H,31,32). The van der Waals surface area contributed by atoms with Crippen molar-refractivity contribution in [3.63, 3.8) is 0 Å². The largest absolute Gasteiger partial charge is 0.481 e. The highest BCUT2D eigenvalue weighted by molar-refractivity contribution is 5.98. The number of hydrogen-bond acceptors (Lipinski definition) is 7. The van der Waals surface area contributed by atoms with Gasteiger partial charge in [-0.25, -0.2) is 0 Å². The normalized spacial score (nSPS) is 12.2. The van der Waals surface area contributed by atoms with E-state index in [1.807, 2.05) is 0 Å². The summed E-state index contributed by atoms with van der Waals surface area (Å²) < 4.78 is 9.86. The number of carbonyl (C=O) groups excluding carboxylic acids is 4. The summed E-state index contributed by atoms with van der Waals surface area (Å²) in [5.41, 5.74) is 0.696. The number of hydrogen-bond donors (Lipinski definition) is 3. The Kier molecular flexibility index (Phi) is 14.5. The summed E-state index contributed by atoms with van der Waals surface area (Å²) in [7, 11) is 0. The Hall–Kier alpha value is -3.43. The highest BCUT2D eigenvalue weighted by Crippen LogP contribution is 2.16. The summed E-state index contributed by atoms with van der Waals surface area (Å²) in [4.78, 5) is 59.0. The number of carbonyl (C=O) groups is 5. The van der Waals surface area contributed by atoms with E-state index in [2.05, 4.69) is 17.6 Å². The van der Waals surface area contributed by atoms with Crippen LogP contribution in [0.15, 0.2) is 24.3 Å². The third kappa shape index (κ3) is 12.9. The van der Waals surface area contributed by atoms with E-state index in [1.54, 1.807) is 0 Å². The minimum atomic E-state index is -1.67. The minimum Gasteiger partial charge on any atom is -0.481 e. The number of carboxylic acids is 1. The Bertz CT molecular complexity index is 853. The Morgan fingerprint density at radius 2 is 1.39 bits per heavy atom. The van der Waals surface area contributed by atoms with Gasteiger partial charge in [0.15, 0.2) is 6.10 Å². The number of amides is 2. The molecule has 10 heteroatoms. The smallest absolute Gasteiger partial charge is 0.307 e. The van der Waals surface area contributed by atoms with Crippen LogP contribution < -0.4 is 10.6 Å². The minimum absolute atomic E-state index is 0.231. The van der Waals surface area contributed by atoms with E-state index in [-0.39, 0.29) is 11.6 Å². The van der Waals surface area contributed by atoms with Gasteiger partial charge in [0, 0.05) is 31.6 Å². The fraction of sp³-hybridized carbons (Fsp3) is 0.577. The van der Waals surface area contributed by atoms with E-state index < -0.39 is 42.4 Å². The van der Waals surface area contributed by atoms with Crippen molar-refractivity contribution < 1.29 is 38.6 Å². The number of aliphatic carboxylic acids is 1. The highest BCUT2D eigenvalue weighted by Gasteiger charge is 2.35. The van der Waals surface area contributed by atoms with E-state index in [4.69, 9.17) is 14.6 Å². The number of nitrogens with one attached hydrogen (secondary N) is 2. The van der Waals surface area contributed by atoms with Crippen molar-refractivity contribution in [2.45, 2.75) is 90.8 Å². The Morgan fingerprint density at radius 1 is 0.833 bits per heavy atom. The van der Waals surface area contributed by atoms with Crippen LogP contribution >= 0.6 is 0 Å². The van der Waals surface area contributed by atoms with Crippen molar-refractivity contribution >= 4 is 35.4 Å². The lowest BCUT2D eigenvalue weighted by molar-refractivity contribution is -0.171. The molecule has 0 spiro atoms. The fourth-order valence-electron chi connectivity index (χ4n) is 3.55. The molecular formula is C26H38N2O8. The predicted octanol–water partition coefficient (Wildman–Crippen LogP) is 3.83. The Balaban J connectivity index is 2.62. The van der Waals surface area contributed by atoms with Crippen molar-refractivity contribution in [1.29, 1.82) is 0 Å².